The van der Waals surface area contributed by atoms with Gasteiger partial charge in [-0.2, -0.15) is 12.7 Å². The largest absolute Gasteiger partial charge is 0.379 e. The maximum Gasteiger partial charge on any atom is 0.279 e. The van der Waals surface area contributed by atoms with Crippen molar-refractivity contribution in [1.29, 1.82) is 0 Å². The Labute approximate surface area is 128 Å². The molecule has 1 unspecified atom stereocenters. The molecule has 7 nitrogen and oxygen atoms in total. The Morgan fingerprint density at radius 3 is 2.71 bits per heavy atom. The molecule has 0 saturated carbocycles. The van der Waals surface area contributed by atoms with Crippen molar-refractivity contribution in [2.24, 2.45) is 5.92 Å². The van der Waals surface area contributed by atoms with E-state index in [1.165, 1.54) is 0 Å². The molecule has 2 heterocycles. The third-order valence-electron chi connectivity index (χ3n) is 4.13. The lowest BCUT2D eigenvalue weighted by atomic mass is 10.00. The molecule has 2 saturated heterocycles. The van der Waals surface area contributed by atoms with Crippen molar-refractivity contribution in [3.8, 4) is 0 Å². The fourth-order valence-electron chi connectivity index (χ4n) is 2.95. The molecule has 1 atom stereocenters. The molecule has 0 aromatic carbocycles. The van der Waals surface area contributed by atoms with E-state index < -0.39 is 10.2 Å². The molecule has 0 bridgehead atoms. The number of nitrogens with zero attached hydrogens (tertiary/aromatic N) is 2. The molecule has 0 aliphatic carbocycles. The van der Waals surface area contributed by atoms with Gasteiger partial charge in [0, 0.05) is 39.3 Å². The summed E-state index contributed by atoms with van der Waals surface area (Å²) in [6.45, 7) is 6.59. The zero-order chi connectivity index (χ0) is 15.1. The highest BCUT2D eigenvalue weighted by atomic mass is 32.2. The van der Waals surface area contributed by atoms with E-state index in [0.29, 0.717) is 25.6 Å². The molecule has 8 heteroatoms. The summed E-state index contributed by atoms with van der Waals surface area (Å²) < 4.78 is 34.3. The number of hydrogen-bond acceptors (Lipinski definition) is 5. The molecule has 2 aliphatic heterocycles. The van der Waals surface area contributed by atoms with Gasteiger partial charge in [0.15, 0.2) is 0 Å². The van der Waals surface area contributed by atoms with Crippen LogP contribution >= 0.6 is 0 Å². The number of ether oxygens (including phenoxy) is 1. The lowest BCUT2D eigenvalue weighted by molar-refractivity contribution is 0.0390. The summed E-state index contributed by atoms with van der Waals surface area (Å²) in [4.78, 5) is 2.23. The molecule has 2 aliphatic rings. The van der Waals surface area contributed by atoms with Crippen LogP contribution in [0.15, 0.2) is 0 Å². The molecular formula is C13H28N4O3S. The molecule has 0 radical (unpaired) electrons. The Morgan fingerprint density at radius 1 is 1.24 bits per heavy atom. The minimum Gasteiger partial charge on any atom is -0.379 e. The first kappa shape index (κ1) is 17.1. The minimum absolute atomic E-state index is 0.416. The van der Waals surface area contributed by atoms with Gasteiger partial charge in [-0.15, -0.1) is 0 Å². The Balaban J connectivity index is 1.75. The Morgan fingerprint density at radius 2 is 2.00 bits per heavy atom. The molecule has 124 valence electrons. The summed E-state index contributed by atoms with van der Waals surface area (Å²) in [5.74, 6) is 0.416. The number of hydrogen-bond donors (Lipinski definition) is 2. The van der Waals surface area contributed by atoms with Crippen LogP contribution < -0.4 is 10.0 Å². The van der Waals surface area contributed by atoms with Gasteiger partial charge < -0.3 is 10.1 Å². The predicted octanol–water partition coefficient (Wildman–Crippen LogP) is -0.916. The van der Waals surface area contributed by atoms with Gasteiger partial charge in [0.1, 0.15) is 0 Å². The van der Waals surface area contributed by atoms with Gasteiger partial charge in [0.05, 0.1) is 13.2 Å². The zero-order valence-corrected chi connectivity index (χ0v) is 13.7. The maximum atomic E-state index is 12.3. The third kappa shape index (κ3) is 5.46. The summed E-state index contributed by atoms with van der Waals surface area (Å²) in [6.07, 6.45) is 2.04. The third-order valence-corrected chi connectivity index (χ3v) is 5.71. The normalized spacial score (nSPS) is 26.0. The Kier molecular flexibility index (Phi) is 6.84. The maximum absolute atomic E-state index is 12.3. The van der Waals surface area contributed by atoms with Gasteiger partial charge in [0.2, 0.25) is 0 Å². The van der Waals surface area contributed by atoms with Crippen molar-refractivity contribution >= 4 is 10.2 Å². The molecule has 2 N–H and O–H groups in total. The van der Waals surface area contributed by atoms with Crippen molar-refractivity contribution < 1.29 is 13.2 Å². The average Bonchev–Trinajstić information content (AvgIpc) is 2.49. The van der Waals surface area contributed by atoms with E-state index in [-0.39, 0.29) is 0 Å². The summed E-state index contributed by atoms with van der Waals surface area (Å²) >= 11 is 0. The number of rotatable bonds is 7. The lowest BCUT2D eigenvalue weighted by Crippen LogP contribution is -2.49. The van der Waals surface area contributed by atoms with Crippen molar-refractivity contribution in [1.82, 2.24) is 19.2 Å². The average molecular weight is 320 g/mol. The second kappa shape index (κ2) is 8.40. The summed E-state index contributed by atoms with van der Waals surface area (Å²) in [5, 5.41) is 3.14. The highest BCUT2D eigenvalue weighted by Gasteiger charge is 2.28. The first-order valence-corrected chi connectivity index (χ1v) is 9.25. The van der Waals surface area contributed by atoms with Gasteiger partial charge in [-0.05, 0) is 32.4 Å². The first-order valence-electron chi connectivity index (χ1n) is 7.81. The van der Waals surface area contributed by atoms with Gasteiger partial charge in [0.25, 0.3) is 10.2 Å². The second-order valence-corrected chi connectivity index (χ2v) is 7.53. The summed E-state index contributed by atoms with van der Waals surface area (Å²) in [6, 6.07) is 0. The van der Waals surface area contributed by atoms with Gasteiger partial charge in [-0.1, -0.05) is 0 Å². The molecule has 0 spiro atoms. The molecule has 21 heavy (non-hydrogen) atoms. The lowest BCUT2D eigenvalue weighted by Gasteiger charge is -2.32. The van der Waals surface area contributed by atoms with Crippen LogP contribution in [0.1, 0.15) is 12.8 Å². The van der Waals surface area contributed by atoms with Gasteiger partial charge in [-0.3, -0.25) is 4.90 Å². The monoisotopic (exact) mass is 320 g/mol. The van der Waals surface area contributed by atoms with Crippen LogP contribution in [0.5, 0.6) is 0 Å². The molecule has 0 amide bonds. The van der Waals surface area contributed by atoms with E-state index in [4.69, 9.17) is 4.74 Å². The van der Waals surface area contributed by atoms with Crippen LogP contribution in [0.4, 0.5) is 0 Å². The fraction of sp³-hybridized carbons (Fsp3) is 1.00. The van der Waals surface area contributed by atoms with E-state index in [2.05, 4.69) is 14.9 Å². The molecule has 0 aromatic rings. The SMILES string of the molecule is CNCC1CCCN(S(=O)(=O)NCCN2CCOCC2)C1. The van der Waals surface area contributed by atoms with E-state index in [0.717, 1.165) is 52.2 Å². The number of piperidine rings is 1. The minimum atomic E-state index is -3.34. The standard InChI is InChI=1S/C13H28N4O3S/c1-14-11-13-3-2-5-17(12-13)21(18,19)15-4-6-16-7-9-20-10-8-16/h13-15H,2-12H2,1H3. The Hall–Kier alpha value is -0.250. The zero-order valence-electron chi connectivity index (χ0n) is 12.9. The smallest absolute Gasteiger partial charge is 0.279 e. The molecule has 2 fully saturated rings. The Bertz CT molecular complexity index is 396. The number of nitrogens with one attached hydrogen (secondary N) is 2. The van der Waals surface area contributed by atoms with E-state index in [1.54, 1.807) is 4.31 Å². The van der Waals surface area contributed by atoms with Crippen LogP contribution in [0.3, 0.4) is 0 Å². The van der Waals surface area contributed by atoms with Gasteiger partial charge in [-0.25, -0.2) is 4.72 Å². The van der Waals surface area contributed by atoms with E-state index in [9.17, 15) is 8.42 Å². The van der Waals surface area contributed by atoms with Crippen LogP contribution in [0, 0.1) is 5.92 Å². The van der Waals surface area contributed by atoms with Crippen LogP contribution in [0.25, 0.3) is 0 Å². The van der Waals surface area contributed by atoms with Crippen LogP contribution in [0.2, 0.25) is 0 Å². The molecule has 2 rings (SSSR count). The topological polar surface area (TPSA) is 73.9 Å². The van der Waals surface area contributed by atoms with Crippen molar-refractivity contribution in [2.45, 2.75) is 12.8 Å². The predicted molar refractivity (Wildman–Crippen MR) is 82.4 cm³/mol. The first-order chi connectivity index (χ1) is 10.1. The summed E-state index contributed by atoms with van der Waals surface area (Å²) in [7, 11) is -1.43. The highest BCUT2D eigenvalue weighted by molar-refractivity contribution is 7.87. The van der Waals surface area contributed by atoms with E-state index >= 15 is 0 Å². The number of morpholine rings is 1. The highest BCUT2D eigenvalue weighted by Crippen LogP contribution is 2.17. The second-order valence-electron chi connectivity index (χ2n) is 5.78. The molecular weight excluding hydrogens is 292 g/mol. The van der Waals surface area contributed by atoms with Crippen LogP contribution in [-0.4, -0.2) is 83.7 Å². The van der Waals surface area contributed by atoms with Crippen LogP contribution in [-0.2, 0) is 14.9 Å². The van der Waals surface area contributed by atoms with E-state index in [1.807, 2.05) is 7.05 Å². The van der Waals surface area contributed by atoms with Crippen molar-refractivity contribution in [3.63, 3.8) is 0 Å². The quantitative estimate of drug-likeness (QED) is 0.635. The van der Waals surface area contributed by atoms with Crippen molar-refractivity contribution in [2.75, 3.05) is 66.1 Å². The summed E-state index contributed by atoms with van der Waals surface area (Å²) in [5.41, 5.74) is 0. The molecule has 0 aromatic heterocycles. The van der Waals surface area contributed by atoms with Crippen molar-refractivity contribution in [3.05, 3.63) is 0 Å². The fourth-order valence-corrected chi connectivity index (χ4v) is 4.26. The van der Waals surface area contributed by atoms with Gasteiger partial charge >= 0.3 is 0 Å².